The number of benzene rings is 1. The fourth-order valence-corrected chi connectivity index (χ4v) is 2.07. The summed E-state index contributed by atoms with van der Waals surface area (Å²) in [5.74, 6) is -0.691. The normalized spacial score (nSPS) is 10.7. The van der Waals surface area contributed by atoms with Crippen molar-refractivity contribution < 1.29 is 9.13 Å². The summed E-state index contributed by atoms with van der Waals surface area (Å²) in [4.78, 5) is 0. The van der Waals surface area contributed by atoms with E-state index in [9.17, 15) is 4.39 Å². The molecule has 20 heavy (non-hydrogen) atoms. The summed E-state index contributed by atoms with van der Waals surface area (Å²) in [5.41, 5.74) is 5.93. The van der Waals surface area contributed by atoms with Gasteiger partial charge in [-0.25, -0.2) is 4.39 Å². The molecule has 4 heteroatoms. The van der Waals surface area contributed by atoms with Gasteiger partial charge in [-0.3, -0.25) is 5.41 Å². The van der Waals surface area contributed by atoms with Gasteiger partial charge in [0.05, 0.1) is 12.2 Å². The van der Waals surface area contributed by atoms with Crippen molar-refractivity contribution in [2.24, 2.45) is 5.73 Å². The number of amidine groups is 1. The third kappa shape index (κ3) is 5.70. The second kappa shape index (κ2) is 9.48. The molecule has 0 spiro atoms. The molecule has 0 fully saturated rings. The molecule has 0 bridgehead atoms. The summed E-state index contributed by atoms with van der Waals surface area (Å²) in [6.45, 7) is 3.09. The largest absolute Gasteiger partial charge is 0.384 e. The lowest BCUT2D eigenvalue weighted by Gasteiger charge is -2.08. The molecule has 112 valence electrons. The zero-order valence-corrected chi connectivity index (χ0v) is 12.3. The van der Waals surface area contributed by atoms with E-state index in [0.29, 0.717) is 12.2 Å². The minimum Gasteiger partial charge on any atom is -0.384 e. The van der Waals surface area contributed by atoms with E-state index in [-0.39, 0.29) is 18.0 Å². The predicted octanol–water partition coefficient (Wildman–Crippen LogP) is 3.99. The molecule has 3 N–H and O–H groups in total. The molecule has 0 aliphatic rings. The minimum atomic E-state index is -0.442. The second-order valence-electron chi connectivity index (χ2n) is 5.01. The SMILES string of the molecule is CCCCCCCCOCc1cccc(C(=N)N)c1F. The number of rotatable bonds is 10. The third-order valence-electron chi connectivity index (χ3n) is 3.27. The van der Waals surface area contributed by atoms with E-state index in [4.69, 9.17) is 15.9 Å². The van der Waals surface area contributed by atoms with Crippen molar-refractivity contribution in [3.05, 3.63) is 35.1 Å². The molecule has 0 saturated carbocycles. The second-order valence-corrected chi connectivity index (χ2v) is 5.01. The number of nitrogen functional groups attached to an aromatic ring is 1. The number of nitrogens with one attached hydrogen (secondary N) is 1. The lowest BCUT2D eigenvalue weighted by atomic mass is 10.1. The van der Waals surface area contributed by atoms with E-state index in [2.05, 4.69) is 6.92 Å². The highest BCUT2D eigenvalue weighted by Crippen LogP contribution is 2.14. The van der Waals surface area contributed by atoms with Crippen LogP contribution in [0.25, 0.3) is 0 Å². The summed E-state index contributed by atoms with van der Waals surface area (Å²) < 4.78 is 19.4. The van der Waals surface area contributed by atoms with E-state index in [1.165, 1.54) is 31.7 Å². The molecule has 0 aromatic heterocycles. The molecule has 0 atom stereocenters. The molecule has 0 unspecified atom stereocenters. The third-order valence-corrected chi connectivity index (χ3v) is 3.27. The van der Waals surface area contributed by atoms with Crippen molar-refractivity contribution in [2.45, 2.75) is 52.1 Å². The zero-order chi connectivity index (χ0) is 14.8. The maximum atomic E-state index is 13.9. The Balaban J connectivity index is 2.25. The molecule has 0 heterocycles. The van der Waals surface area contributed by atoms with Crippen LogP contribution in [0.1, 0.15) is 56.6 Å². The van der Waals surface area contributed by atoms with Gasteiger partial charge in [0, 0.05) is 12.2 Å². The van der Waals surface area contributed by atoms with E-state index in [1.54, 1.807) is 12.1 Å². The van der Waals surface area contributed by atoms with Crippen molar-refractivity contribution >= 4 is 5.84 Å². The molecule has 0 aliphatic carbocycles. The van der Waals surface area contributed by atoms with Crippen molar-refractivity contribution in [1.82, 2.24) is 0 Å². The summed E-state index contributed by atoms with van der Waals surface area (Å²) >= 11 is 0. The Labute approximate surface area is 120 Å². The number of nitrogens with two attached hydrogens (primary N) is 1. The first kappa shape index (κ1) is 16.6. The molecule has 3 nitrogen and oxygen atoms in total. The first-order valence-corrected chi connectivity index (χ1v) is 7.36. The highest BCUT2D eigenvalue weighted by Gasteiger charge is 2.09. The van der Waals surface area contributed by atoms with Gasteiger partial charge < -0.3 is 10.5 Å². The Morgan fingerprint density at radius 2 is 1.90 bits per heavy atom. The lowest BCUT2D eigenvalue weighted by Crippen LogP contribution is -2.14. The van der Waals surface area contributed by atoms with Crippen LogP contribution in [0.2, 0.25) is 0 Å². The summed E-state index contributed by atoms with van der Waals surface area (Å²) in [6, 6.07) is 4.88. The van der Waals surface area contributed by atoms with Crippen LogP contribution >= 0.6 is 0 Å². The Bertz CT molecular complexity index is 421. The number of unbranched alkanes of at least 4 members (excludes halogenated alkanes) is 5. The first-order chi connectivity index (χ1) is 9.66. The topological polar surface area (TPSA) is 59.1 Å². The Kier molecular flexibility index (Phi) is 7.88. The van der Waals surface area contributed by atoms with E-state index >= 15 is 0 Å². The van der Waals surface area contributed by atoms with Gasteiger partial charge in [-0.15, -0.1) is 0 Å². The van der Waals surface area contributed by atoms with Crippen molar-refractivity contribution in [3.8, 4) is 0 Å². The van der Waals surface area contributed by atoms with Crippen LogP contribution in [0, 0.1) is 11.2 Å². The molecule has 1 rings (SSSR count). The summed E-state index contributed by atoms with van der Waals surface area (Å²) in [6.07, 6.45) is 7.25. The van der Waals surface area contributed by atoms with Crippen LogP contribution < -0.4 is 5.73 Å². The molecule has 0 amide bonds. The van der Waals surface area contributed by atoms with Gasteiger partial charge >= 0.3 is 0 Å². The number of halogens is 1. The maximum Gasteiger partial charge on any atom is 0.139 e. The van der Waals surface area contributed by atoms with Gasteiger partial charge in [0.2, 0.25) is 0 Å². The van der Waals surface area contributed by atoms with Gasteiger partial charge in [0.25, 0.3) is 0 Å². The van der Waals surface area contributed by atoms with Crippen LogP contribution in [-0.2, 0) is 11.3 Å². The highest BCUT2D eigenvalue weighted by atomic mass is 19.1. The van der Waals surface area contributed by atoms with Crippen LogP contribution in [0.4, 0.5) is 4.39 Å². The number of hydrogen-bond acceptors (Lipinski definition) is 2. The van der Waals surface area contributed by atoms with E-state index < -0.39 is 5.82 Å². The van der Waals surface area contributed by atoms with E-state index in [0.717, 1.165) is 12.8 Å². The van der Waals surface area contributed by atoms with Gasteiger partial charge in [0.1, 0.15) is 11.7 Å². The smallest absolute Gasteiger partial charge is 0.139 e. The number of ether oxygens (including phenoxy) is 1. The zero-order valence-electron chi connectivity index (χ0n) is 12.3. The van der Waals surface area contributed by atoms with Gasteiger partial charge in [-0.05, 0) is 12.5 Å². The van der Waals surface area contributed by atoms with Gasteiger partial charge in [0.15, 0.2) is 0 Å². The Morgan fingerprint density at radius 3 is 2.60 bits per heavy atom. The highest BCUT2D eigenvalue weighted by molar-refractivity contribution is 5.95. The fourth-order valence-electron chi connectivity index (χ4n) is 2.07. The van der Waals surface area contributed by atoms with Crippen LogP contribution in [0.15, 0.2) is 18.2 Å². The van der Waals surface area contributed by atoms with Crippen LogP contribution in [0.3, 0.4) is 0 Å². The molecular weight excluding hydrogens is 255 g/mol. The molecule has 0 aliphatic heterocycles. The standard InChI is InChI=1S/C16H25FN2O/c1-2-3-4-5-6-7-11-20-12-13-9-8-10-14(15(13)17)16(18)19/h8-10H,2-7,11-12H2,1H3,(H3,18,19). The molecule has 0 saturated heterocycles. The van der Waals surface area contributed by atoms with Crippen molar-refractivity contribution in [1.29, 1.82) is 5.41 Å². The van der Waals surface area contributed by atoms with Crippen LogP contribution in [-0.4, -0.2) is 12.4 Å². The fraction of sp³-hybridized carbons (Fsp3) is 0.562. The average molecular weight is 280 g/mol. The molecule has 1 aromatic rings. The number of hydrogen-bond donors (Lipinski definition) is 2. The molecular formula is C16H25FN2O. The van der Waals surface area contributed by atoms with Crippen molar-refractivity contribution in [3.63, 3.8) is 0 Å². The quantitative estimate of drug-likeness (QED) is 0.387. The summed E-state index contributed by atoms with van der Waals surface area (Å²) in [7, 11) is 0. The Hall–Kier alpha value is -1.42. The van der Waals surface area contributed by atoms with Crippen LogP contribution in [0.5, 0.6) is 0 Å². The predicted molar refractivity (Wildman–Crippen MR) is 80.4 cm³/mol. The van der Waals surface area contributed by atoms with E-state index in [1.807, 2.05) is 0 Å². The van der Waals surface area contributed by atoms with Gasteiger partial charge in [-0.2, -0.15) is 0 Å². The monoisotopic (exact) mass is 280 g/mol. The lowest BCUT2D eigenvalue weighted by molar-refractivity contribution is 0.114. The average Bonchev–Trinajstić information content (AvgIpc) is 2.43. The van der Waals surface area contributed by atoms with Gasteiger partial charge in [-0.1, -0.05) is 51.2 Å². The summed E-state index contributed by atoms with van der Waals surface area (Å²) in [5, 5.41) is 7.29. The van der Waals surface area contributed by atoms with Crippen molar-refractivity contribution in [2.75, 3.05) is 6.61 Å². The first-order valence-electron chi connectivity index (χ1n) is 7.36. The molecule has 1 aromatic carbocycles. The molecule has 0 radical (unpaired) electrons. The maximum absolute atomic E-state index is 13.9. The minimum absolute atomic E-state index is 0.144. The Morgan fingerprint density at radius 1 is 1.20 bits per heavy atom.